The van der Waals surface area contributed by atoms with Crippen molar-refractivity contribution in [2.75, 3.05) is 19.1 Å². The topological polar surface area (TPSA) is 79.4 Å². The molecule has 1 aromatic heterocycles. The zero-order valence-electron chi connectivity index (χ0n) is 11.6. The fourth-order valence-corrected chi connectivity index (χ4v) is 1.87. The summed E-state index contributed by atoms with van der Waals surface area (Å²) in [7, 11) is 0. The lowest BCUT2D eigenvalue weighted by atomic mass is 10.3. The van der Waals surface area contributed by atoms with E-state index in [1.807, 2.05) is 12.1 Å². The molecule has 1 aliphatic rings. The minimum absolute atomic E-state index is 0.0237. The van der Waals surface area contributed by atoms with Gasteiger partial charge in [0, 0.05) is 11.9 Å². The molecular formula is C15H17N3O3. The molecule has 1 aromatic carbocycles. The Morgan fingerprint density at radius 2 is 2.05 bits per heavy atom. The molecule has 6 heteroatoms. The molecule has 6 nitrogen and oxygen atoms in total. The first-order valence-corrected chi connectivity index (χ1v) is 6.89. The van der Waals surface area contributed by atoms with E-state index < -0.39 is 5.97 Å². The van der Waals surface area contributed by atoms with Gasteiger partial charge in [0.25, 0.3) is 0 Å². The largest absolute Gasteiger partial charge is 0.434 e. The van der Waals surface area contributed by atoms with Crippen LogP contribution in [-0.4, -0.2) is 29.1 Å². The van der Waals surface area contributed by atoms with Gasteiger partial charge < -0.3 is 15.2 Å². The summed E-state index contributed by atoms with van der Waals surface area (Å²) in [5.41, 5.74) is 7.39. The average Bonchev–Trinajstić information content (AvgIpc) is 3.18. The Morgan fingerprint density at radius 3 is 2.76 bits per heavy atom. The van der Waals surface area contributed by atoms with Crippen molar-refractivity contribution in [2.24, 2.45) is 5.92 Å². The molecule has 1 heterocycles. The van der Waals surface area contributed by atoms with Gasteiger partial charge in [-0.25, -0.2) is 9.48 Å². The molecule has 2 N–H and O–H groups in total. The number of esters is 1. The van der Waals surface area contributed by atoms with E-state index >= 15 is 0 Å². The maximum atomic E-state index is 11.8. The van der Waals surface area contributed by atoms with E-state index in [4.69, 9.17) is 15.2 Å². The Labute approximate surface area is 122 Å². The molecule has 0 unspecified atom stereocenters. The van der Waals surface area contributed by atoms with Gasteiger partial charge in [0.15, 0.2) is 12.5 Å². The SMILES string of the molecule is Nc1ccc(-n2ccc(C(=O)OCOCC3CC3)n2)cc1. The van der Waals surface area contributed by atoms with E-state index in [0.717, 1.165) is 5.69 Å². The van der Waals surface area contributed by atoms with Gasteiger partial charge in [-0.15, -0.1) is 0 Å². The van der Waals surface area contributed by atoms with Crippen LogP contribution in [-0.2, 0) is 9.47 Å². The third-order valence-electron chi connectivity index (χ3n) is 3.28. The minimum atomic E-state index is -0.486. The predicted octanol–water partition coefficient (Wildman–Crippen LogP) is 2.00. The lowest BCUT2D eigenvalue weighted by Crippen LogP contribution is -2.11. The number of rotatable bonds is 6. The first-order valence-electron chi connectivity index (χ1n) is 6.89. The van der Waals surface area contributed by atoms with Crippen LogP contribution < -0.4 is 5.73 Å². The van der Waals surface area contributed by atoms with Crippen LogP contribution in [0.2, 0.25) is 0 Å². The summed E-state index contributed by atoms with van der Waals surface area (Å²) in [6.45, 7) is 0.636. The fraction of sp³-hybridized carbons (Fsp3) is 0.333. The van der Waals surface area contributed by atoms with Crippen LogP contribution >= 0.6 is 0 Å². The molecule has 1 aliphatic carbocycles. The molecule has 0 amide bonds. The highest BCUT2D eigenvalue weighted by Gasteiger charge is 2.21. The van der Waals surface area contributed by atoms with Crippen molar-refractivity contribution >= 4 is 11.7 Å². The molecule has 21 heavy (non-hydrogen) atoms. The highest BCUT2D eigenvalue weighted by molar-refractivity contribution is 5.87. The van der Waals surface area contributed by atoms with Crippen molar-refractivity contribution in [3.63, 3.8) is 0 Å². The fourth-order valence-electron chi connectivity index (χ4n) is 1.87. The van der Waals surface area contributed by atoms with Crippen LogP contribution in [0.5, 0.6) is 0 Å². The highest BCUT2D eigenvalue weighted by Crippen LogP contribution is 2.28. The number of nitrogen functional groups attached to an aromatic ring is 1. The summed E-state index contributed by atoms with van der Waals surface area (Å²) in [4.78, 5) is 11.8. The van der Waals surface area contributed by atoms with Gasteiger partial charge in [-0.2, -0.15) is 5.10 Å². The second-order valence-electron chi connectivity index (χ2n) is 5.10. The number of anilines is 1. The summed E-state index contributed by atoms with van der Waals surface area (Å²) in [6.07, 6.45) is 4.12. The summed E-state index contributed by atoms with van der Waals surface area (Å²) in [5, 5.41) is 4.18. The lowest BCUT2D eigenvalue weighted by Gasteiger charge is -2.04. The van der Waals surface area contributed by atoms with E-state index in [-0.39, 0.29) is 12.5 Å². The summed E-state index contributed by atoms with van der Waals surface area (Å²) >= 11 is 0. The second kappa shape index (κ2) is 5.97. The van der Waals surface area contributed by atoms with Gasteiger partial charge in [0.1, 0.15) is 0 Å². The van der Waals surface area contributed by atoms with E-state index in [1.165, 1.54) is 12.8 Å². The molecule has 1 fully saturated rings. The van der Waals surface area contributed by atoms with Gasteiger partial charge in [-0.05, 0) is 49.1 Å². The molecule has 3 rings (SSSR count). The van der Waals surface area contributed by atoms with Crippen LogP contribution in [0.25, 0.3) is 5.69 Å². The molecule has 0 radical (unpaired) electrons. The standard InChI is InChI=1S/C15H17N3O3/c16-12-3-5-13(6-4-12)18-8-7-14(17-18)15(19)21-10-20-9-11-1-2-11/h3-8,11H,1-2,9-10,16H2. The number of aromatic nitrogens is 2. The molecule has 0 spiro atoms. The quantitative estimate of drug-likeness (QED) is 0.380. The van der Waals surface area contributed by atoms with E-state index in [9.17, 15) is 4.79 Å². The normalized spacial score (nSPS) is 14.1. The van der Waals surface area contributed by atoms with Crippen LogP contribution in [0.4, 0.5) is 5.69 Å². The van der Waals surface area contributed by atoms with Gasteiger partial charge >= 0.3 is 5.97 Å². The number of benzene rings is 1. The number of nitrogens with zero attached hydrogens (tertiary/aromatic N) is 2. The maximum Gasteiger partial charge on any atom is 0.360 e. The van der Waals surface area contributed by atoms with Gasteiger partial charge in [-0.1, -0.05) is 0 Å². The molecule has 0 bridgehead atoms. The first-order chi connectivity index (χ1) is 10.2. The Kier molecular flexibility index (Phi) is 3.87. The van der Waals surface area contributed by atoms with Crippen molar-refractivity contribution in [2.45, 2.75) is 12.8 Å². The molecule has 1 saturated carbocycles. The Morgan fingerprint density at radius 1 is 1.29 bits per heavy atom. The molecule has 0 atom stereocenters. The van der Waals surface area contributed by atoms with Gasteiger partial charge in [0.2, 0.25) is 0 Å². The maximum absolute atomic E-state index is 11.8. The summed E-state index contributed by atoms with van der Waals surface area (Å²) < 4.78 is 11.9. The molecule has 0 aliphatic heterocycles. The third-order valence-corrected chi connectivity index (χ3v) is 3.28. The number of carbonyl (C=O) groups excluding carboxylic acids is 1. The Hall–Kier alpha value is -2.34. The summed E-state index contributed by atoms with van der Waals surface area (Å²) in [5.74, 6) is 0.161. The second-order valence-corrected chi connectivity index (χ2v) is 5.10. The number of nitrogens with two attached hydrogens (primary N) is 1. The van der Waals surface area contributed by atoms with Crippen molar-refractivity contribution < 1.29 is 14.3 Å². The van der Waals surface area contributed by atoms with E-state index in [2.05, 4.69) is 5.10 Å². The van der Waals surface area contributed by atoms with Crippen LogP contribution in [0.1, 0.15) is 23.3 Å². The average molecular weight is 287 g/mol. The predicted molar refractivity (Wildman–Crippen MR) is 76.9 cm³/mol. The Bertz CT molecular complexity index is 617. The van der Waals surface area contributed by atoms with E-state index in [0.29, 0.717) is 18.2 Å². The number of ether oxygens (including phenoxy) is 2. The van der Waals surface area contributed by atoms with Gasteiger partial charge in [-0.3, -0.25) is 0 Å². The zero-order valence-corrected chi connectivity index (χ0v) is 11.6. The van der Waals surface area contributed by atoms with Gasteiger partial charge in [0.05, 0.1) is 12.3 Å². The minimum Gasteiger partial charge on any atom is -0.434 e. The van der Waals surface area contributed by atoms with Crippen molar-refractivity contribution in [1.82, 2.24) is 9.78 Å². The lowest BCUT2D eigenvalue weighted by molar-refractivity contribution is -0.0349. The van der Waals surface area contributed by atoms with Crippen LogP contribution in [0.15, 0.2) is 36.5 Å². The number of hydrogen-bond donors (Lipinski definition) is 1. The number of hydrogen-bond acceptors (Lipinski definition) is 5. The van der Waals surface area contributed by atoms with Crippen molar-refractivity contribution in [1.29, 1.82) is 0 Å². The first kappa shape index (κ1) is 13.6. The third kappa shape index (κ3) is 3.61. The van der Waals surface area contributed by atoms with Crippen molar-refractivity contribution in [3.05, 3.63) is 42.2 Å². The van der Waals surface area contributed by atoms with Crippen LogP contribution in [0, 0.1) is 5.92 Å². The smallest absolute Gasteiger partial charge is 0.360 e. The molecular weight excluding hydrogens is 270 g/mol. The van der Waals surface area contributed by atoms with E-state index in [1.54, 1.807) is 29.1 Å². The summed E-state index contributed by atoms with van der Waals surface area (Å²) in [6, 6.07) is 8.83. The highest BCUT2D eigenvalue weighted by atomic mass is 16.7. The number of carbonyl (C=O) groups is 1. The molecule has 2 aromatic rings. The molecule has 0 saturated heterocycles. The Balaban J connectivity index is 1.55. The monoisotopic (exact) mass is 287 g/mol. The van der Waals surface area contributed by atoms with Crippen LogP contribution in [0.3, 0.4) is 0 Å². The molecule has 110 valence electrons. The van der Waals surface area contributed by atoms with Crippen molar-refractivity contribution in [3.8, 4) is 5.69 Å². The zero-order chi connectivity index (χ0) is 14.7.